The minimum Gasteiger partial charge on any atom is -0.399 e. The number of aryl methyl sites for hydroxylation is 1. The predicted octanol–water partition coefficient (Wildman–Crippen LogP) is 2.49. The Morgan fingerprint density at radius 1 is 1.47 bits per heavy atom. The summed E-state index contributed by atoms with van der Waals surface area (Å²) < 4.78 is 13.7. The summed E-state index contributed by atoms with van der Waals surface area (Å²) in [5.74, 6) is -0.400. The fraction of sp³-hybridized carbons (Fsp3) is 0.462. The molecule has 0 aliphatic rings. The Morgan fingerprint density at radius 2 is 2.12 bits per heavy atom. The third kappa shape index (κ3) is 3.73. The van der Waals surface area contributed by atoms with Crippen molar-refractivity contribution in [2.24, 2.45) is 5.92 Å². The average Bonchev–Trinajstić information content (AvgIpc) is 2.22. The highest BCUT2D eigenvalue weighted by molar-refractivity contribution is 5.95. The maximum absolute atomic E-state index is 13.7. The lowest BCUT2D eigenvalue weighted by Crippen LogP contribution is -2.26. The Kier molecular flexibility index (Phi) is 4.49. The molecule has 0 aliphatic carbocycles. The molecule has 0 aromatic heterocycles. The Morgan fingerprint density at radius 3 is 2.71 bits per heavy atom. The zero-order chi connectivity index (χ0) is 13.0. The van der Waals surface area contributed by atoms with Crippen molar-refractivity contribution >= 4 is 11.6 Å². The molecule has 0 aliphatic heterocycles. The molecule has 0 heterocycles. The van der Waals surface area contributed by atoms with Gasteiger partial charge in [0.1, 0.15) is 5.82 Å². The highest BCUT2D eigenvalue weighted by atomic mass is 19.1. The van der Waals surface area contributed by atoms with Gasteiger partial charge in [-0.2, -0.15) is 0 Å². The summed E-state index contributed by atoms with van der Waals surface area (Å²) in [6.07, 6.45) is 0.870. The van der Waals surface area contributed by atoms with Crippen molar-refractivity contribution < 1.29 is 9.18 Å². The van der Waals surface area contributed by atoms with Gasteiger partial charge in [-0.15, -0.1) is 0 Å². The summed E-state index contributed by atoms with van der Waals surface area (Å²) in [5.41, 5.74) is 6.40. The van der Waals surface area contributed by atoms with Crippen molar-refractivity contribution in [2.75, 3.05) is 12.3 Å². The van der Waals surface area contributed by atoms with Crippen LogP contribution in [-0.4, -0.2) is 12.5 Å². The maximum Gasteiger partial charge on any atom is 0.254 e. The number of carbonyl (C=O) groups excluding carboxylic acids is 1. The van der Waals surface area contributed by atoms with Gasteiger partial charge in [-0.3, -0.25) is 4.79 Å². The molecule has 4 heteroatoms. The Labute approximate surface area is 101 Å². The molecule has 0 radical (unpaired) electrons. The number of anilines is 1. The second kappa shape index (κ2) is 5.66. The SMILES string of the molecule is Cc1cc(N)cc(C(=O)NCCC(C)C)c1F. The van der Waals surface area contributed by atoms with Crippen LogP contribution < -0.4 is 11.1 Å². The second-order valence-corrected chi connectivity index (χ2v) is 4.64. The average molecular weight is 238 g/mol. The van der Waals surface area contributed by atoms with Gasteiger partial charge >= 0.3 is 0 Å². The van der Waals surface area contributed by atoms with Crippen molar-refractivity contribution in [1.82, 2.24) is 5.32 Å². The maximum atomic E-state index is 13.7. The topological polar surface area (TPSA) is 55.1 Å². The van der Waals surface area contributed by atoms with E-state index in [1.165, 1.54) is 12.1 Å². The molecule has 0 unspecified atom stereocenters. The molecule has 1 amide bonds. The lowest BCUT2D eigenvalue weighted by molar-refractivity contribution is 0.0948. The van der Waals surface area contributed by atoms with Crippen molar-refractivity contribution in [2.45, 2.75) is 27.2 Å². The first-order valence-electron chi connectivity index (χ1n) is 5.75. The number of nitrogens with one attached hydrogen (secondary N) is 1. The van der Waals surface area contributed by atoms with Gasteiger partial charge < -0.3 is 11.1 Å². The zero-order valence-electron chi connectivity index (χ0n) is 10.5. The summed E-state index contributed by atoms with van der Waals surface area (Å²) in [6.45, 7) is 6.27. The first-order chi connectivity index (χ1) is 7.91. The summed E-state index contributed by atoms with van der Waals surface area (Å²) in [4.78, 5) is 11.7. The van der Waals surface area contributed by atoms with Crippen LogP contribution in [0.2, 0.25) is 0 Å². The van der Waals surface area contributed by atoms with Gasteiger partial charge in [0.2, 0.25) is 0 Å². The molecule has 17 heavy (non-hydrogen) atoms. The van der Waals surface area contributed by atoms with Crippen LogP contribution in [0.25, 0.3) is 0 Å². The van der Waals surface area contributed by atoms with Crippen LogP contribution in [-0.2, 0) is 0 Å². The minimum absolute atomic E-state index is 0.0197. The van der Waals surface area contributed by atoms with Gasteiger partial charge in [-0.1, -0.05) is 13.8 Å². The van der Waals surface area contributed by atoms with Crippen LogP contribution >= 0.6 is 0 Å². The van der Waals surface area contributed by atoms with Gasteiger partial charge in [-0.05, 0) is 37.0 Å². The van der Waals surface area contributed by atoms with Gasteiger partial charge in [0.15, 0.2) is 0 Å². The Bertz CT molecular complexity index is 416. The van der Waals surface area contributed by atoms with E-state index < -0.39 is 11.7 Å². The molecule has 1 aromatic rings. The van der Waals surface area contributed by atoms with Crippen molar-refractivity contribution in [3.05, 3.63) is 29.1 Å². The van der Waals surface area contributed by atoms with E-state index >= 15 is 0 Å². The van der Waals surface area contributed by atoms with Crippen molar-refractivity contribution in [1.29, 1.82) is 0 Å². The molecule has 0 saturated heterocycles. The highest BCUT2D eigenvalue weighted by Crippen LogP contribution is 2.16. The predicted molar refractivity (Wildman–Crippen MR) is 67.3 cm³/mol. The number of hydrogen-bond acceptors (Lipinski definition) is 2. The largest absolute Gasteiger partial charge is 0.399 e. The summed E-state index contributed by atoms with van der Waals surface area (Å²) >= 11 is 0. The molecular weight excluding hydrogens is 219 g/mol. The number of rotatable bonds is 4. The van der Waals surface area contributed by atoms with E-state index in [-0.39, 0.29) is 5.56 Å². The molecule has 3 nitrogen and oxygen atoms in total. The number of carbonyl (C=O) groups is 1. The van der Waals surface area contributed by atoms with E-state index in [0.29, 0.717) is 23.7 Å². The molecule has 94 valence electrons. The molecular formula is C13H19FN2O. The fourth-order valence-corrected chi connectivity index (χ4v) is 1.53. The molecule has 3 N–H and O–H groups in total. The van der Waals surface area contributed by atoms with Crippen LogP contribution in [0.5, 0.6) is 0 Å². The quantitative estimate of drug-likeness (QED) is 0.792. The van der Waals surface area contributed by atoms with Crippen LogP contribution in [0.3, 0.4) is 0 Å². The Hall–Kier alpha value is -1.58. The molecule has 0 fully saturated rings. The van der Waals surface area contributed by atoms with Crippen molar-refractivity contribution in [3.63, 3.8) is 0 Å². The minimum atomic E-state index is -0.499. The van der Waals surface area contributed by atoms with Crippen LogP contribution in [0, 0.1) is 18.7 Å². The Balaban J connectivity index is 2.75. The monoisotopic (exact) mass is 238 g/mol. The summed E-state index contributed by atoms with van der Waals surface area (Å²) in [6, 6.07) is 2.88. The number of nitrogens with two attached hydrogens (primary N) is 1. The van der Waals surface area contributed by atoms with Gasteiger partial charge in [0.25, 0.3) is 5.91 Å². The molecule has 0 saturated carbocycles. The lowest BCUT2D eigenvalue weighted by Gasteiger charge is -2.09. The van der Waals surface area contributed by atoms with Crippen molar-refractivity contribution in [3.8, 4) is 0 Å². The molecule has 1 aromatic carbocycles. The molecule has 1 rings (SSSR count). The first-order valence-corrected chi connectivity index (χ1v) is 5.75. The summed E-state index contributed by atoms with van der Waals surface area (Å²) in [5, 5.41) is 2.69. The van der Waals surface area contributed by atoms with Crippen LogP contribution in [0.15, 0.2) is 12.1 Å². The first kappa shape index (κ1) is 13.5. The van der Waals surface area contributed by atoms with Gasteiger partial charge in [0.05, 0.1) is 5.56 Å². The van der Waals surface area contributed by atoms with E-state index in [9.17, 15) is 9.18 Å². The van der Waals surface area contributed by atoms with Gasteiger partial charge in [-0.25, -0.2) is 4.39 Å². The van der Waals surface area contributed by atoms with Crippen LogP contribution in [0.4, 0.5) is 10.1 Å². The summed E-state index contributed by atoms with van der Waals surface area (Å²) in [7, 11) is 0. The number of nitrogen functional groups attached to an aromatic ring is 1. The third-order valence-corrected chi connectivity index (χ3v) is 2.53. The number of amides is 1. The smallest absolute Gasteiger partial charge is 0.254 e. The molecule has 0 atom stereocenters. The van der Waals surface area contributed by atoms with E-state index in [1.807, 2.05) is 0 Å². The molecule has 0 bridgehead atoms. The highest BCUT2D eigenvalue weighted by Gasteiger charge is 2.14. The zero-order valence-corrected chi connectivity index (χ0v) is 10.5. The van der Waals surface area contributed by atoms with Crippen LogP contribution in [0.1, 0.15) is 36.2 Å². The van der Waals surface area contributed by atoms with E-state index in [4.69, 9.17) is 5.73 Å². The second-order valence-electron chi connectivity index (χ2n) is 4.64. The fourth-order valence-electron chi connectivity index (χ4n) is 1.53. The molecule has 0 spiro atoms. The number of hydrogen-bond donors (Lipinski definition) is 2. The van der Waals surface area contributed by atoms with E-state index in [1.54, 1.807) is 6.92 Å². The lowest BCUT2D eigenvalue weighted by atomic mass is 10.1. The normalized spacial score (nSPS) is 10.6. The van der Waals surface area contributed by atoms with E-state index in [0.717, 1.165) is 6.42 Å². The standard InChI is InChI=1S/C13H19FN2O/c1-8(2)4-5-16-13(17)11-7-10(15)6-9(3)12(11)14/h6-8H,4-5,15H2,1-3H3,(H,16,17). The number of halogens is 1. The number of benzene rings is 1. The van der Waals surface area contributed by atoms with E-state index in [2.05, 4.69) is 19.2 Å². The third-order valence-electron chi connectivity index (χ3n) is 2.53. The van der Waals surface area contributed by atoms with Gasteiger partial charge in [0, 0.05) is 12.2 Å².